The minimum atomic E-state index is -1.12. The van der Waals surface area contributed by atoms with E-state index in [1.807, 2.05) is 0 Å². The average molecular weight is 519 g/mol. The van der Waals surface area contributed by atoms with Gasteiger partial charge in [-0.2, -0.15) is 0 Å². The maximum absolute atomic E-state index is 12.4. The summed E-state index contributed by atoms with van der Waals surface area (Å²) in [6.45, 7) is 5.63. The van der Waals surface area contributed by atoms with Gasteiger partial charge in [0.15, 0.2) is 0 Å². The van der Waals surface area contributed by atoms with Gasteiger partial charge in [0.2, 0.25) is 0 Å². The van der Waals surface area contributed by atoms with Crippen molar-refractivity contribution < 1.29 is 19.7 Å². The summed E-state index contributed by atoms with van der Waals surface area (Å²) in [6.07, 6.45) is 26.9. The predicted molar refractivity (Wildman–Crippen MR) is 156 cm³/mol. The molecule has 0 spiro atoms. The summed E-state index contributed by atoms with van der Waals surface area (Å²) in [7, 11) is 0. The second kappa shape index (κ2) is 21.4. The number of aromatic hydroxyl groups is 1. The Labute approximate surface area is 228 Å². The first-order valence-electron chi connectivity index (χ1n) is 15.6. The van der Waals surface area contributed by atoms with Crippen LogP contribution in [0.2, 0.25) is 0 Å². The first-order valence-corrected chi connectivity index (χ1v) is 15.6. The van der Waals surface area contributed by atoms with Crippen molar-refractivity contribution in [2.24, 2.45) is 0 Å². The third-order valence-corrected chi connectivity index (χ3v) is 7.48. The van der Waals surface area contributed by atoms with E-state index in [0.717, 1.165) is 12.8 Å². The molecule has 1 aromatic carbocycles. The molecular formula is C33H58O4. The second-order valence-corrected chi connectivity index (χ2v) is 11.6. The van der Waals surface area contributed by atoms with E-state index in [1.54, 1.807) is 26.0 Å². The molecule has 0 saturated carbocycles. The van der Waals surface area contributed by atoms with Gasteiger partial charge in [-0.25, -0.2) is 4.79 Å². The second-order valence-electron chi connectivity index (χ2n) is 11.6. The van der Waals surface area contributed by atoms with Crippen LogP contribution in [-0.2, 0) is 4.74 Å². The van der Waals surface area contributed by atoms with Crippen LogP contribution in [-0.4, -0.2) is 27.9 Å². The first kappa shape index (κ1) is 33.5. The molecule has 0 aliphatic rings. The maximum Gasteiger partial charge on any atom is 0.342 e. The number of ether oxygens (including phenoxy) is 1. The van der Waals surface area contributed by atoms with Gasteiger partial charge in [0.25, 0.3) is 0 Å². The van der Waals surface area contributed by atoms with Gasteiger partial charge >= 0.3 is 5.97 Å². The number of hydrogen-bond acceptors (Lipinski definition) is 4. The first-order chi connectivity index (χ1) is 17.9. The molecular weight excluding hydrogens is 460 g/mol. The van der Waals surface area contributed by atoms with Crippen LogP contribution < -0.4 is 0 Å². The van der Waals surface area contributed by atoms with Gasteiger partial charge < -0.3 is 14.9 Å². The largest absolute Gasteiger partial charge is 0.507 e. The minimum Gasteiger partial charge on any atom is -0.507 e. The number of carbonyl (C=O) groups is 1. The number of benzene rings is 1. The predicted octanol–water partition coefficient (Wildman–Crippen LogP) is 9.90. The van der Waals surface area contributed by atoms with Crippen LogP contribution in [0, 0.1) is 0 Å². The Bertz CT molecular complexity index is 679. The van der Waals surface area contributed by atoms with Gasteiger partial charge in [0, 0.05) is 0 Å². The number of para-hydroxylation sites is 1. The molecule has 4 heteroatoms. The molecule has 0 aliphatic heterocycles. The summed E-state index contributed by atoms with van der Waals surface area (Å²) in [5, 5.41) is 20.3. The molecule has 37 heavy (non-hydrogen) atoms. The molecule has 214 valence electrons. The Hall–Kier alpha value is -1.55. The summed E-state index contributed by atoms with van der Waals surface area (Å²) >= 11 is 0. The molecule has 1 aromatic rings. The molecule has 1 atom stereocenters. The summed E-state index contributed by atoms with van der Waals surface area (Å²) < 4.78 is 5.57. The Morgan fingerprint density at radius 1 is 0.703 bits per heavy atom. The van der Waals surface area contributed by atoms with E-state index in [4.69, 9.17) is 4.74 Å². The normalized spacial score (nSPS) is 12.5. The van der Waals surface area contributed by atoms with Crippen molar-refractivity contribution in [3.63, 3.8) is 0 Å². The maximum atomic E-state index is 12.4. The number of phenolic OH excluding ortho intramolecular Hbond substituents is 1. The molecule has 1 rings (SSSR count). The highest BCUT2D eigenvalue weighted by atomic mass is 16.6. The molecule has 0 saturated heterocycles. The van der Waals surface area contributed by atoms with Crippen LogP contribution in [0.5, 0.6) is 5.75 Å². The highest BCUT2D eigenvalue weighted by molar-refractivity contribution is 5.92. The van der Waals surface area contributed by atoms with Crippen molar-refractivity contribution in [3.8, 4) is 5.75 Å². The van der Waals surface area contributed by atoms with Crippen molar-refractivity contribution in [2.45, 2.75) is 167 Å². The van der Waals surface area contributed by atoms with Crippen LogP contribution in [0.4, 0.5) is 0 Å². The number of phenols is 1. The van der Waals surface area contributed by atoms with Gasteiger partial charge in [-0.15, -0.1) is 0 Å². The van der Waals surface area contributed by atoms with E-state index in [-0.39, 0.29) is 11.3 Å². The number of rotatable bonds is 24. The van der Waals surface area contributed by atoms with Crippen LogP contribution in [0.3, 0.4) is 0 Å². The lowest BCUT2D eigenvalue weighted by Gasteiger charge is -2.29. The Morgan fingerprint density at radius 2 is 1.08 bits per heavy atom. The van der Waals surface area contributed by atoms with E-state index in [9.17, 15) is 15.0 Å². The number of hydrogen-bond donors (Lipinski definition) is 2. The molecule has 1 unspecified atom stereocenters. The summed E-state index contributed by atoms with van der Waals surface area (Å²) in [6, 6.07) is 6.36. The summed E-state index contributed by atoms with van der Waals surface area (Å²) in [5.41, 5.74) is -0.978. The Morgan fingerprint density at radius 3 is 1.46 bits per heavy atom. The van der Waals surface area contributed by atoms with Gasteiger partial charge in [-0.3, -0.25) is 0 Å². The lowest BCUT2D eigenvalue weighted by molar-refractivity contribution is -0.0681. The van der Waals surface area contributed by atoms with Gasteiger partial charge in [-0.05, 0) is 38.8 Å². The minimum absolute atomic E-state index is 0.0965. The fraction of sp³-hybridized carbons (Fsp3) is 0.788. The molecule has 2 N–H and O–H groups in total. The lowest BCUT2D eigenvalue weighted by Crippen LogP contribution is -2.39. The van der Waals surface area contributed by atoms with E-state index in [2.05, 4.69) is 6.92 Å². The smallest absolute Gasteiger partial charge is 0.342 e. The van der Waals surface area contributed by atoms with Crippen molar-refractivity contribution in [1.29, 1.82) is 0 Å². The Kier molecular flexibility index (Phi) is 19.4. The molecule has 0 radical (unpaired) electrons. The monoisotopic (exact) mass is 518 g/mol. The van der Waals surface area contributed by atoms with E-state index >= 15 is 0 Å². The number of aliphatic hydroxyl groups is 1. The SMILES string of the molecule is CCCCCCCCCCCCCCCCCCCCCCC(OC(=O)c1ccccc1O)C(C)(C)O. The van der Waals surface area contributed by atoms with Crippen LogP contribution in [0.25, 0.3) is 0 Å². The van der Waals surface area contributed by atoms with Crippen LogP contribution in [0.1, 0.15) is 166 Å². The quantitative estimate of drug-likeness (QED) is 0.105. The van der Waals surface area contributed by atoms with Crippen molar-refractivity contribution in [2.75, 3.05) is 0 Å². The van der Waals surface area contributed by atoms with Crippen LogP contribution in [0.15, 0.2) is 24.3 Å². The van der Waals surface area contributed by atoms with E-state index < -0.39 is 17.7 Å². The molecule has 0 aliphatic carbocycles. The van der Waals surface area contributed by atoms with Crippen molar-refractivity contribution in [3.05, 3.63) is 29.8 Å². The van der Waals surface area contributed by atoms with Gasteiger partial charge in [0.1, 0.15) is 17.4 Å². The molecule has 0 heterocycles. The van der Waals surface area contributed by atoms with Gasteiger partial charge in [0.05, 0.1) is 5.60 Å². The highest BCUT2D eigenvalue weighted by Crippen LogP contribution is 2.24. The summed E-state index contributed by atoms with van der Waals surface area (Å²) in [4.78, 5) is 12.4. The third kappa shape index (κ3) is 17.6. The molecule has 4 nitrogen and oxygen atoms in total. The van der Waals surface area contributed by atoms with E-state index in [0.29, 0.717) is 6.42 Å². The zero-order chi connectivity index (χ0) is 27.2. The number of unbranched alkanes of at least 4 members (excludes halogenated alkanes) is 19. The number of esters is 1. The molecule has 0 bridgehead atoms. The van der Waals surface area contributed by atoms with Crippen molar-refractivity contribution >= 4 is 5.97 Å². The average Bonchev–Trinajstić information content (AvgIpc) is 2.86. The standard InChI is InChI=1S/C33H58O4/c1-4-5-6-7-8-9-10-11-12-13-14-15-16-17-18-19-20-21-22-23-28-31(33(2,3)36)37-32(35)29-26-24-25-27-30(29)34/h24-27,31,34,36H,4-23,28H2,1-3H3. The number of carbonyl (C=O) groups excluding carboxylic acids is 1. The molecule has 0 fully saturated rings. The molecule has 0 aromatic heterocycles. The Balaban J connectivity index is 1.96. The highest BCUT2D eigenvalue weighted by Gasteiger charge is 2.30. The molecule has 0 amide bonds. The fourth-order valence-corrected chi connectivity index (χ4v) is 4.98. The zero-order valence-corrected chi connectivity index (χ0v) is 24.4. The zero-order valence-electron chi connectivity index (χ0n) is 24.4. The lowest BCUT2D eigenvalue weighted by atomic mass is 9.95. The van der Waals surface area contributed by atoms with E-state index in [1.165, 1.54) is 128 Å². The fourth-order valence-electron chi connectivity index (χ4n) is 4.98. The summed E-state index contributed by atoms with van der Waals surface area (Å²) in [5.74, 6) is -0.681. The van der Waals surface area contributed by atoms with Crippen LogP contribution >= 0.6 is 0 Å². The van der Waals surface area contributed by atoms with Gasteiger partial charge in [-0.1, -0.05) is 141 Å². The third-order valence-electron chi connectivity index (χ3n) is 7.48. The van der Waals surface area contributed by atoms with Crippen molar-refractivity contribution in [1.82, 2.24) is 0 Å². The topological polar surface area (TPSA) is 66.8 Å².